The number of fused-ring (bicyclic) bond motifs is 1. The number of carbonyl (C=O) groups is 1. The lowest BCUT2D eigenvalue weighted by Gasteiger charge is -1.97. The second-order valence-corrected chi connectivity index (χ2v) is 2.57. The highest BCUT2D eigenvalue weighted by Crippen LogP contribution is 2.18. The number of rotatable bonds is 1. The summed E-state index contributed by atoms with van der Waals surface area (Å²) in [6.45, 7) is 0.813. The lowest BCUT2D eigenvalue weighted by molar-refractivity contribution is 0.0689. The van der Waals surface area contributed by atoms with E-state index in [0.717, 1.165) is 24.3 Å². The number of carboxylic acids is 1. The summed E-state index contributed by atoms with van der Waals surface area (Å²) < 4.78 is 0. The Hall–Kier alpha value is -1.65. The zero-order chi connectivity index (χ0) is 8.55. The van der Waals surface area contributed by atoms with E-state index in [9.17, 15) is 4.79 Å². The van der Waals surface area contributed by atoms with E-state index >= 15 is 0 Å². The molecule has 0 atom stereocenters. The van der Waals surface area contributed by atoms with Gasteiger partial charge in [-0.1, -0.05) is 0 Å². The first-order valence-corrected chi connectivity index (χ1v) is 3.61. The average Bonchev–Trinajstić information content (AvgIpc) is 2.49. The molecule has 2 N–H and O–H groups in total. The van der Waals surface area contributed by atoms with Gasteiger partial charge in [0.1, 0.15) is 0 Å². The van der Waals surface area contributed by atoms with Crippen LogP contribution in [0.3, 0.4) is 0 Å². The lowest BCUT2D eigenvalue weighted by atomic mass is 10.3. The number of anilines is 1. The van der Waals surface area contributed by atoms with Crippen molar-refractivity contribution in [1.82, 2.24) is 10.2 Å². The predicted octanol–water partition coefficient (Wildman–Crippen LogP) is 0.143. The minimum absolute atomic E-state index is 0.0110. The van der Waals surface area contributed by atoms with Crippen molar-refractivity contribution in [3.63, 3.8) is 0 Å². The predicted molar refractivity (Wildman–Crippen MR) is 41.2 cm³/mol. The van der Waals surface area contributed by atoms with Gasteiger partial charge in [0.2, 0.25) is 0 Å². The Morgan fingerprint density at radius 1 is 1.58 bits per heavy atom. The highest BCUT2D eigenvalue weighted by molar-refractivity contribution is 5.86. The van der Waals surface area contributed by atoms with Crippen molar-refractivity contribution in [3.05, 3.63) is 17.5 Å². The average molecular weight is 165 g/mol. The van der Waals surface area contributed by atoms with Gasteiger partial charge in [-0.05, 0) is 6.07 Å². The van der Waals surface area contributed by atoms with E-state index in [4.69, 9.17) is 5.11 Å². The topological polar surface area (TPSA) is 75.1 Å². The molecule has 1 aromatic heterocycles. The van der Waals surface area contributed by atoms with Crippen molar-refractivity contribution >= 4 is 11.7 Å². The molecule has 1 aromatic rings. The van der Waals surface area contributed by atoms with Crippen molar-refractivity contribution in [2.45, 2.75) is 6.42 Å². The molecule has 5 nitrogen and oxygen atoms in total. The zero-order valence-electron chi connectivity index (χ0n) is 6.24. The van der Waals surface area contributed by atoms with Gasteiger partial charge in [-0.2, -0.15) is 5.10 Å². The Bertz CT molecular complexity index is 337. The fraction of sp³-hybridized carbons (Fsp3) is 0.286. The SMILES string of the molecule is O=C(O)c1cc2c(nn1)CCN2. The maximum atomic E-state index is 10.5. The van der Waals surface area contributed by atoms with Crippen LogP contribution in [0.1, 0.15) is 16.2 Å². The van der Waals surface area contributed by atoms with Gasteiger partial charge in [-0.15, -0.1) is 5.10 Å². The van der Waals surface area contributed by atoms with Crippen LogP contribution in [0.4, 0.5) is 5.69 Å². The van der Waals surface area contributed by atoms with Gasteiger partial charge in [0.05, 0.1) is 11.4 Å². The largest absolute Gasteiger partial charge is 0.476 e. The van der Waals surface area contributed by atoms with Gasteiger partial charge in [0, 0.05) is 13.0 Å². The molecule has 0 bridgehead atoms. The minimum atomic E-state index is -1.04. The third-order valence-corrected chi connectivity index (χ3v) is 1.77. The maximum absolute atomic E-state index is 10.5. The summed E-state index contributed by atoms with van der Waals surface area (Å²) in [4.78, 5) is 10.5. The van der Waals surface area contributed by atoms with E-state index in [2.05, 4.69) is 15.5 Å². The zero-order valence-corrected chi connectivity index (χ0v) is 6.24. The van der Waals surface area contributed by atoms with Crippen LogP contribution in [0.15, 0.2) is 6.07 Å². The molecule has 2 heterocycles. The highest BCUT2D eigenvalue weighted by atomic mass is 16.4. The molecule has 0 amide bonds. The number of carboxylic acid groups (broad SMARTS) is 1. The third kappa shape index (κ3) is 0.990. The summed E-state index contributed by atoms with van der Waals surface area (Å²) >= 11 is 0. The van der Waals surface area contributed by atoms with Crippen molar-refractivity contribution in [2.75, 3.05) is 11.9 Å². The van der Waals surface area contributed by atoms with Crippen molar-refractivity contribution < 1.29 is 9.90 Å². The van der Waals surface area contributed by atoms with Gasteiger partial charge in [0.25, 0.3) is 0 Å². The van der Waals surface area contributed by atoms with Crippen LogP contribution in [-0.4, -0.2) is 27.8 Å². The fourth-order valence-corrected chi connectivity index (χ4v) is 1.17. The second-order valence-electron chi connectivity index (χ2n) is 2.57. The van der Waals surface area contributed by atoms with Gasteiger partial charge in [-0.25, -0.2) is 4.79 Å². The van der Waals surface area contributed by atoms with Crippen molar-refractivity contribution in [1.29, 1.82) is 0 Å². The molecule has 1 aliphatic rings. The third-order valence-electron chi connectivity index (χ3n) is 1.77. The highest BCUT2D eigenvalue weighted by Gasteiger charge is 2.15. The van der Waals surface area contributed by atoms with Crippen LogP contribution >= 0.6 is 0 Å². The molecule has 12 heavy (non-hydrogen) atoms. The smallest absolute Gasteiger partial charge is 0.356 e. The summed E-state index contributed by atoms with van der Waals surface area (Å²) in [6.07, 6.45) is 0.822. The van der Waals surface area contributed by atoms with Crippen LogP contribution < -0.4 is 5.32 Å². The number of nitrogens with one attached hydrogen (secondary N) is 1. The monoisotopic (exact) mass is 165 g/mol. The number of aromatic carboxylic acids is 1. The molecular formula is C7H7N3O2. The molecule has 0 aromatic carbocycles. The molecule has 2 rings (SSSR count). The first-order chi connectivity index (χ1) is 5.77. The molecule has 1 aliphatic heterocycles. The Labute approximate surface area is 68.4 Å². The molecule has 62 valence electrons. The van der Waals surface area contributed by atoms with E-state index in [1.807, 2.05) is 0 Å². The van der Waals surface area contributed by atoms with Gasteiger partial charge < -0.3 is 10.4 Å². The minimum Gasteiger partial charge on any atom is -0.476 e. The molecule has 0 unspecified atom stereocenters. The molecule has 0 saturated carbocycles. The van der Waals surface area contributed by atoms with E-state index in [1.54, 1.807) is 0 Å². The van der Waals surface area contributed by atoms with Gasteiger partial charge in [0.15, 0.2) is 5.69 Å². The normalized spacial score (nSPS) is 13.7. The molecule has 0 aliphatic carbocycles. The summed E-state index contributed by atoms with van der Waals surface area (Å²) in [5, 5.41) is 19.0. The van der Waals surface area contributed by atoms with E-state index < -0.39 is 5.97 Å². The fourth-order valence-electron chi connectivity index (χ4n) is 1.17. The van der Waals surface area contributed by atoms with E-state index in [-0.39, 0.29) is 5.69 Å². The number of nitrogens with zero attached hydrogens (tertiary/aromatic N) is 2. The first kappa shape index (κ1) is 7.02. The molecule has 0 saturated heterocycles. The summed E-state index contributed by atoms with van der Waals surface area (Å²) in [7, 11) is 0. The van der Waals surface area contributed by atoms with Crippen LogP contribution in [0, 0.1) is 0 Å². The summed E-state index contributed by atoms with van der Waals surface area (Å²) in [6, 6.07) is 1.51. The van der Waals surface area contributed by atoms with Crippen molar-refractivity contribution in [3.8, 4) is 0 Å². The van der Waals surface area contributed by atoms with Crippen LogP contribution in [0.25, 0.3) is 0 Å². The molecule has 5 heteroatoms. The lowest BCUT2D eigenvalue weighted by Crippen LogP contribution is -2.03. The number of hydrogen-bond donors (Lipinski definition) is 2. The Kier molecular flexibility index (Phi) is 1.43. The van der Waals surface area contributed by atoms with Gasteiger partial charge in [-0.3, -0.25) is 0 Å². The molecule has 0 radical (unpaired) electrons. The quantitative estimate of drug-likeness (QED) is 0.619. The van der Waals surface area contributed by atoms with E-state index in [0.29, 0.717) is 0 Å². The Balaban J connectivity index is 2.45. The molecular weight excluding hydrogens is 158 g/mol. The standard InChI is InChI=1S/C7H7N3O2/c11-7(12)6-3-5-4(9-10-6)1-2-8-5/h3,8H,1-2H2,(H,11,12). The Morgan fingerprint density at radius 3 is 3.17 bits per heavy atom. The van der Waals surface area contributed by atoms with E-state index in [1.165, 1.54) is 6.07 Å². The Morgan fingerprint density at radius 2 is 2.42 bits per heavy atom. The first-order valence-electron chi connectivity index (χ1n) is 3.61. The summed E-state index contributed by atoms with van der Waals surface area (Å²) in [5.74, 6) is -1.04. The van der Waals surface area contributed by atoms with Crippen LogP contribution in [-0.2, 0) is 6.42 Å². The van der Waals surface area contributed by atoms with Crippen LogP contribution in [0.2, 0.25) is 0 Å². The molecule has 0 fully saturated rings. The summed E-state index contributed by atoms with van der Waals surface area (Å²) in [5.41, 5.74) is 1.63. The second kappa shape index (κ2) is 2.44. The number of hydrogen-bond acceptors (Lipinski definition) is 4. The van der Waals surface area contributed by atoms with Crippen LogP contribution in [0.5, 0.6) is 0 Å². The number of aromatic nitrogens is 2. The molecule has 0 spiro atoms. The van der Waals surface area contributed by atoms with Gasteiger partial charge >= 0.3 is 5.97 Å². The van der Waals surface area contributed by atoms with Crippen molar-refractivity contribution in [2.24, 2.45) is 0 Å². The maximum Gasteiger partial charge on any atom is 0.356 e.